The number of piperidine rings is 1. The Labute approximate surface area is 159 Å². The largest absolute Gasteiger partial charge is 0.369 e. The fourth-order valence-electron chi connectivity index (χ4n) is 5.82. The predicted octanol–water partition coefficient (Wildman–Crippen LogP) is 3.37. The second-order valence-electron chi connectivity index (χ2n) is 9.80. The lowest BCUT2D eigenvalue weighted by Gasteiger charge is -2.55. The van der Waals surface area contributed by atoms with Gasteiger partial charge in [-0.1, -0.05) is 19.9 Å². The van der Waals surface area contributed by atoms with Gasteiger partial charge in [-0.2, -0.15) is 0 Å². The van der Waals surface area contributed by atoms with E-state index in [9.17, 15) is 0 Å². The van der Waals surface area contributed by atoms with Crippen molar-refractivity contribution in [2.45, 2.75) is 51.0 Å². The summed E-state index contributed by atoms with van der Waals surface area (Å²) in [5.41, 5.74) is 5.13. The van der Waals surface area contributed by atoms with Crippen LogP contribution in [0.1, 0.15) is 44.2 Å². The topological polar surface area (TPSA) is 9.72 Å². The molecule has 1 aromatic rings. The molecule has 2 heterocycles. The highest BCUT2D eigenvalue weighted by molar-refractivity contribution is 5.55. The molecule has 4 aliphatic rings. The van der Waals surface area contributed by atoms with Crippen molar-refractivity contribution in [3.8, 4) is 0 Å². The van der Waals surface area contributed by atoms with E-state index in [2.05, 4.69) is 53.8 Å². The van der Waals surface area contributed by atoms with Crippen molar-refractivity contribution in [3.63, 3.8) is 0 Å². The fourth-order valence-corrected chi connectivity index (χ4v) is 5.82. The molecule has 1 aromatic carbocycles. The highest BCUT2D eigenvalue weighted by atomic mass is 15.2. The van der Waals surface area contributed by atoms with Crippen LogP contribution in [0.4, 0.5) is 5.69 Å². The van der Waals surface area contributed by atoms with E-state index in [1.807, 2.05) is 0 Å². The summed E-state index contributed by atoms with van der Waals surface area (Å²) in [5, 5.41) is 0. The minimum atomic E-state index is 0.362. The van der Waals surface area contributed by atoms with Gasteiger partial charge in [0.2, 0.25) is 0 Å². The first kappa shape index (κ1) is 17.1. The Morgan fingerprint density at radius 3 is 2.58 bits per heavy atom. The summed E-state index contributed by atoms with van der Waals surface area (Å²) in [4.78, 5) is 7.89. The molecule has 0 N–H and O–H groups in total. The van der Waals surface area contributed by atoms with Gasteiger partial charge in [-0.3, -0.25) is 4.90 Å². The van der Waals surface area contributed by atoms with E-state index in [0.717, 1.165) is 17.9 Å². The number of anilines is 1. The molecule has 0 spiro atoms. The Balaban J connectivity index is 1.43. The molecule has 2 aliphatic carbocycles. The Kier molecular flexibility index (Phi) is 4.09. The minimum absolute atomic E-state index is 0.362. The lowest BCUT2D eigenvalue weighted by atomic mass is 9.59. The van der Waals surface area contributed by atoms with Gasteiger partial charge >= 0.3 is 0 Å². The van der Waals surface area contributed by atoms with Gasteiger partial charge in [0.25, 0.3) is 0 Å². The summed E-state index contributed by atoms with van der Waals surface area (Å²) in [5.74, 6) is 1.78. The number of hydrogen-bond acceptors (Lipinski definition) is 3. The van der Waals surface area contributed by atoms with Gasteiger partial charge in [0.15, 0.2) is 0 Å². The first-order valence-corrected chi connectivity index (χ1v) is 10.9. The number of piperazine rings is 1. The van der Waals surface area contributed by atoms with E-state index in [0.29, 0.717) is 5.41 Å². The molecular weight excluding hydrogens is 318 g/mol. The molecule has 0 aromatic heterocycles. The van der Waals surface area contributed by atoms with Crippen LogP contribution < -0.4 is 4.90 Å². The average Bonchev–Trinajstić information content (AvgIpc) is 3.45. The zero-order valence-electron chi connectivity index (χ0n) is 16.9. The number of fused-ring (bicyclic) bond motifs is 4. The third-order valence-electron chi connectivity index (χ3n) is 8.17. The van der Waals surface area contributed by atoms with Gasteiger partial charge in [-0.25, -0.2) is 0 Å². The summed E-state index contributed by atoms with van der Waals surface area (Å²) >= 11 is 0. The van der Waals surface area contributed by atoms with Crippen LogP contribution in [0.25, 0.3) is 0 Å². The zero-order valence-corrected chi connectivity index (χ0v) is 16.9. The smallest absolute Gasteiger partial charge is 0.0370 e. The zero-order chi connectivity index (χ0) is 17.9. The summed E-state index contributed by atoms with van der Waals surface area (Å²) < 4.78 is 0. The third-order valence-corrected chi connectivity index (χ3v) is 8.17. The van der Waals surface area contributed by atoms with Gasteiger partial charge in [0.1, 0.15) is 0 Å². The molecule has 5 rings (SSSR count). The molecule has 2 aliphatic heterocycles. The Morgan fingerprint density at radius 1 is 1.08 bits per heavy atom. The predicted molar refractivity (Wildman–Crippen MR) is 109 cm³/mol. The van der Waals surface area contributed by atoms with E-state index < -0.39 is 0 Å². The van der Waals surface area contributed by atoms with Crippen molar-refractivity contribution in [1.82, 2.24) is 9.80 Å². The molecule has 26 heavy (non-hydrogen) atoms. The van der Waals surface area contributed by atoms with Crippen molar-refractivity contribution >= 4 is 5.69 Å². The standard InChI is InChI=1S/C23H35N3/c1-17-22-14-19-6-7-20(25-12-10-24(3)11-13-25)15-21(19)23(17,2)8-9-26(22)16-18-4-5-18/h6-7,15,17-18,22H,4-5,8-14,16H2,1-3H3/t17-,22+,23+/m0/s1. The first-order chi connectivity index (χ1) is 12.5. The van der Waals surface area contributed by atoms with Crippen molar-refractivity contribution in [2.24, 2.45) is 11.8 Å². The van der Waals surface area contributed by atoms with E-state index in [1.54, 1.807) is 11.1 Å². The van der Waals surface area contributed by atoms with Crippen molar-refractivity contribution < 1.29 is 0 Å². The molecule has 2 saturated heterocycles. The van der Waals surface area contributed by atoms with Crippen LogP contribution in [0.3, 0.4) is 0 Å². The van der Waals surface area contributed by atoms with Gasteiger partial charge in [-0.15, -0.1) is 0 Å². The molecule has 3 atom stereocenters. The molecule has 3 nitrogen and oxygen atoms in total. The van der Waals surface area contributed by atoms with Gasteiger partial charge in [0.05, 0.1) is 0 Å². The summed E-state index contributed by atoms with van der Waals surface area (Å²) in [7, 11) is 2.24. The number of nitrogens with zero attached hydrogens (tertiary/aromatic N) is 3. The summed E-state index contributed by atoms with van der Waals surface area (Å²) in [6, 6.07) is 8.21. The monoisotopic (exact) mass is 353 g/mol. The van der Waals surface area contributed by atoms with E-state index >= 15 is 0 Å². The fraction of sp³-hybridized carbons (Fsp3) is 0.739. The Hall–Kier alpha value is -1.06. The number of rotatable bonds is 3. The highest BCUT2D eigenvalue weighted by Gasteiger charge is 2.49. The maximum absolute atomic E-state index is 2.85. The minimum Gasteiger partial charge on any atom is -0.369 e. The van der Waals surface area contributed by atoms with Crippen LogP contribution in [-0.2, 0) is 11.8 Å². The summed E-state index contributed by atoms with van der Waals surface area (Å²) in [6.45, 7) is 12.5. The molecule has 3 heteroatoms. The third kappa shape index (κ3) is 2.79. The lowest BCUT2D eigenvalue weighted by molar-refractivity contribution is 0.0284. The van der Waals surface area contributed by atoms with E-state index in [4.69, 9.17) is 0 Å². The van der Waals surface area contributed by atoms with Crippen molar-refractivity contribution in [1.29, 1.82) is 0 Å². The van der Waals surface area contributed by atoms with Crippen molar-refractivity contribution in [2.75, 3.05) is 51.2 Å². The number of hydrogen-bond donors (Lipinski definition) is 0. The highest BCUT2D eigenvalue weighted by Crippen LogP contribution is 2.50. The van der Waals surface area contributed by atoms with Crippen LogP contribution in [0, 0.1) is 11.8 Å². The molecule has 0 amide bonds. The summed E-state index contributed by atoms with van der Waals surface area (Å²) in [6.07, 6.45) is 5.54. The molecular formula is C23H35N3. The molecule has 3 fully saturated rings. The van der Waals surface area contributed by atoms with Gasteiger partial charge in [0, 0.05) is 44.5 Å². The lowest BCUT2D eigenvalue weighted by Crippen LogP contribution is -2.58. The maximum atomic E-state index is 2.85. The Bertz CT molecular complexity index is 674. The first-order valence-electron chi connectivity index (χ1n) is 10.9. The quantitative estimate of drug-likeness (QED) is 0.825. The number of likely N-dealkylation sites (N-methyl/N-ethyl adjacent to an activating group) is 1. The van der Waals surface area contributed by atoms with E-state index in [1.165, 1.54) is 70.6 Å². The van der Waals surface area contributed by atoms with Gasteiger partial charge < -0.3 is 9.80 Å². The average molecular weight is 354 g/mol. The number of likely N-dealkylation sites (tertiary alicyclic amines) is 1. The molecule has 0 unspecified atom stereocenters. The van der Waals surface area contributed by atoms with Crippen LogP contribution in [0.15, 0.2) is 18.2 Å². The molecule has 142 valence electrons. The molecule has 2 bridgehead atoms. The second-order valence-corrected chi connectivity index (χ2v) is 9.80. The van der Waals surface area contributed by atoms with Crippen LogP contribution in [-0.4, -0.2) is 62.2 Å². The normalized spacial score (nSPS) is 35.4. The Morgan fingerprint density at radius 2 is 1.85 bits per heavy atom. The number of benzene rings is 1. The van der Waals surface area contributed by atoms with E-state index in [-0.39, 0.29) is 0 Å². The SMILES string of the molecule is C[C@H]1[C@H]2Cc3ccc(N4CCN(C)CC4)cc3[C@]1(C)CCN2CC1CC1. The maximum Gasteiger partial charge on any atom is 0.0370 e. The van der Waals surface area contributed by atoms with Crippen LogP contribution in [0.5, 0.6) is 0 Å². The molecule has 1 saturated carbocycles. The van der Waals surface area contributed by atoms with Crippen LogP contribution >= 0.6 is 0 Å². The molecule has 0 radical (unpaired) electrons. The van der Waals surface area contributed by atoms with Crippen LogP contribution in [0.2, 0.25) is 0 Å². The van der Waals surface area contributed by atoms with Crippen molar-refractivity contribution in [3.05, 3.63) is 29.3 Å². The van der Waals surface area contributed by atoms with Gasteiger partial charge in [-0.05, 0) is 79.8 Å². The second kappa shape index (κ2) is 6.24.